The Kier molecular flexibility index (Phi) is 7.20. The molecule has 1 aromatic carbocycles. The van der Waals surface area contributed by atoms with Crippen LogP contribution < -0.4 is 5.32 Å². The van der Waals surface area contributed by atoms with Crippen LogP contribution in [0.5, 0.6) is 0 Å². The maximum absolute atomic E-state index is 12.2. The van der Waals surface area contributed by atoms with Crippen LogP contribution in [0.15, 0.2) is 27.1 Å². The summed E-state index contributed by atoms with van der Waals surface area (Å²) >= 11 is 6.95. The van der Waals surface area contributed by atoms with Gasteiger partial charge in [-0.05, 0) is 61.9 Å². The van der Waals surface area contributed by atoms with Crippen LogP contribution in [0.2, 0.25) is 0 Å². The van der Waals surface area contributed by atoms with Gasteiger partial charge in [0.15, 0.2) is 0 Å². The number of benzene rings is 1. The lowest BCUT2D eigenvalue weighted by Gasteiger charge is -2.23. The fraction of sp³-hybridized carbons (Fsp3) is 0.533. The number of rotatable bonds is 6. The van der Waals surface area contributed by atoms with E-state index in [1.165, 1.54) is 0 Å². The highest BCUT2D eigenvalue weighted by Gasteiger charge is 2.20. The molecule has 1 N–H and O–H groups in total. The summed E-state index contributed by atoms with van der Waals surface area (Å²) in [5.41, 5.74) is 1.15. The van der Waals surface area contributed by atoms with Crippen molar-refractivity contribution in [3.05, 3.63) is 32.7 Å². The number of hydrogen-bond donors (Lipinski definition) is 1. The zero-order valence-corrected chi connectivity index (χ0v) is 15.6. The first-order valence-corrected chi connectivity index (χ1v) is 8.28. The van der Waals surface area contributed by atoms with Gasteiger partial charge >= 0.3 is 0 Å². The van der Waals surface area contributed by atoms with Crippen LogP contribution in [0.3, 0.4) is 0 Å². The minimum Gasteiger partial charge on any atom is -0.347 e. The van der Waals surface area contributed by atoms with Gasteiger partial charge in [0.1, 0.15) is 0 Å². The maximum atomic E-state index is 12.2. The number of carbonyl (C=O) groups is 1. The Morgan fingerprint density at radius 1 is 1.25 bits per heavy atom. The van der Waals surface area contributed by atoms with Crippen LogP contribution in [0.1, 0.15) is 25.8 Å². The lowest BCUT2D eigenvalue weighted by atomic mass is 10.0. The zero-order valence-electron chi connectivity index (χ0n) is 12.4. The van der Waals surface area contributed by atoms with E-state index in [1.54, 1.807) is 19.0 Å². The van der Waals surface area contributed by atoms with Crippen molar-refractivity contribution < 1.29 is 4.79 Å². The summed E-state index contributed by atoms with van der Waals surface area (Å²) in [5, 5.41) is 3.37. The van der Waals surface area contributed by atoms with Gasteiger partial charge in [-0.2, -0.15) is 0 Å². The Morgan fingerprint density at radius 3 is 2.40 bits per heavy atom. The third-order valence-electron chi connectivity index (χ3n) is 2.98. The number of carbonyl (C=O) groups excluding carboxylic acids is 1. The van der Waals surface area contributed by atoms with Gasteiger partial charge in [-0.1, -0.05) is 19.9 Å². The molecular formula is C15H22Br2N2O. The predicted octanol–water partition coefficient (Wildman–Crippen LogP) is 3.80. The van der Waals surface area contributed by atoms with E-state index in [0.717, 1.165) is 20.9 Å². The molecule has 0 aromatic heterocycles. The van der Waals surface area contributed by atoms with Crippen LogP contribution in [0.25, 0.3) is 0 Å². The van der Waals surface area contributed by atoms with Gasteiger partial charge in [-0.15, -0.1) is 0 Å². The number of halogens is 2. The van der Waals surface area contributed by atoms with Crippen LogP contribution in [-0.4, -0.2) is 30.9 Å². The first kappa shape index (κ1) is 17.7. The first-order valence-electron chi connectivity index (χ1n) is 6.69. The SMILES string of the molecule is CC(C)CC(NCc1ccc(Br)c(Br)c1)C(=O)N(C)C. The van der Waals surface area contributed by atoms with E-state index < -0.39 is 0 Å². The van der Waals surface area contributed by atoms with Crippen molar-refractivity contribution in [3.63, 3.8) is 0 Å². The van der Waals surface area contributed by atoms with E-state index >= 15 is 0 Å². The molecule has 0 bridgehead atoms. The van der Waals surface area contributed by atoms with Gasteiger partial charge in [0.25, 0.3) is 0 Å². The standard InChI is InChI=1S/C15H22Br2N2O/c1-10(2)7-14(15(20)19(3)4)18-9-11-5-6-12(16)13(17)8-11/h5-6,8,10,14,18H,7,9H2,1-4H3. The Hall–Kier alpha value is -0.390. The van der Waals surface area contributed by atoms with Gasteiger partial charge in [0, 0.05) is 29.6 Å². The molecule has 1 amide bonds. The molecule has 0 spiro atoms. The van der Waals surface area contributed by atoms with Gasteiger partial charge in [0.05, 0.1) is 6.04 Å². The smallest absolute Gasteiger partial charge is 0.239 e. The van der Waals surface area contributed by atoms with E-state index in [0.29, 0.717) is 12.5 Å². The van der Waals surface area contributed by atoms with Gasteiger partial charge in [0.2, 0.25) is 5.91 Å². The second-order valence-electron chi connectivity index (χ2n) is 5.54. The zero-order chi connectivity index (χ0) is 15.3. The summed E-state index contributed by atoms with van der Waals surface area (Å²) < 4.78 is 2.06. The first-order chi connectivity index (χ1) is 9.31. The molecule has 1 atom stereocenters. The Labute approximate surface area is 138 Å². The normalized spacial score (nSPS) is 12.6. The molecule has 0 aliphatic rings. The van der Waals surface area contributed by atoms with E-state index in [9.17, 15) is 4.79 Å². The van der Waals surface area contributed by atoms with Crippen molar-refractivity contribution in [2.45, 2.75) is 32.9 Å². The summed E-state index contributed by atoms with van der Waals surface area (Å²) in [6.07, 6.45) is 0.842. The summed E-state index contributed by atoms with van der Waals surface area (Å²) in [6.45, 7) is 4.95. The molecule has 0 radical (unpaired) electrons. The van der Waals surface area contributed by atoms with E-state index in [4.69, 9.17) is 0 Å². The summed E-state index contributed by atoms with van der Waals surface area (Å²) in [7, 11) is 3.60. The van der Waals surface area contributed by atoms with Gasteiger partial charge < -0.3 is 10.2 Å². The summed E-state index contributed by atoms with van der Waals surface area (Å²) in [4.78, 5) is 13.8. The Balaban J connectivity index is 2.70. The maximum Gasteiger partial charge on any atom is 0.239 e. The van der Waals surface area contributed by atoms with Crippen LogP contribution in [0.4, 0.5) is 0 Å². The molecule has 0 aliphatic carbocycles. The highest BCUT2D eigenvalue weighted by molar-refractivity contribution is 9.13. The molecule has 3 nitrogen and oxygen atoms in total. The summed E-state index contributed by atoms with van der Waals surface area (Å²) in [6, 6.07) is 5.98. The van der Waals surface area contributed by atoms with Crippen molar-refractivity contribution in [3.8, 4) is 0 Å². The monoisotopic (exact) mass is 404 g/mol. The van der Waals surface area contributed by atoms with Gasteiger partial charge in [-0.3, -0.25) is 4.79 Å². The molecule has 0 aliphatic heterocycles. The topological polar surface area (TPSA) is 32.3 Å². The molecule has 1 rings (SSSR count). The summed E-state index contributed by atoms with van der Waals surface area (Å²) in [5.74, 6) is 0.614. The third kappa shape index (κ3) is 5.54. The van der Waals surface area contributed by atoms with E-state index in [1.807, 2.05) is 6.07 Å². The lowest BCUT2D eigenvalue weighted by Crippen LogP contribution is -2.44. The minimum absolute atomic E-state index is 0.132. The molecule has 5 heteroatoms. The van der Waals surface area contributed by atoms with Gasteiger partial charge in [-0.25, -0.2) is 0 Å². The number of nitrogens with zero attached hydrogens (tertiary/aromatic N) is 1. The minimum atomic E-state index is -0.132. The van der Waals surface area contributed by atoms with Crippen molar-refractivity contribution in [1.29, 1.82) is 0 Å². The number of hydrogen-bond acceptors (Lipinski definition) is 2. The molecule has 0 fully saturated rings. The van der Waals surface area contributed by atoms with Crippen LogP contribution >= 0.6 is 31.9 Å². The quantitative estimate of drug-likeness (QED) is 0.780. The highest BCUT2D eigenvalue weighted by atomic mass is 79.9. The third-order valence-corrected chi connectivity index (χ3v) is 4.86. The fourth-order valence-electron chi connectivity index (χ4n) is 1.95. The van der Waals surface area contributed by atoms with Crippen molar-refractivity contribution >= 4 is 37.8 Å². The Morgan fingerprint density at radius 2 is 1.90 bits per heavy atom. The second kappa shape index (κ2) is 8.15. The fourth-order valence-corrected chi connectivity index (χ4v) is 2.62. The molecule has 112 valence electrons. The molecule has 0 saturated carbocycles. The predicted molar refractivity (Wildman–Crippen MR) is 90.6 cm³/mol. The molecule has 1 unspecified atom stereocenters. The molecule has 1 aromatic rings. The van der Waals surface area contributed by atoms with Crippen LogP contribution in [-0.2, 0) is 11.3 Å². The second-order valence-corrected chi connectivity index (χ2v) is 7.25. The molecular weight excluding hydrogens is 384 g/mol. The van der Waals surface area contributed by atoms with Crippen molar-refractivity contribution in [1.82, 2.24) is 10.2 Å². The molecule has 20 heavy (non-hydrogen) atoms. The number of likely N-dealkylation sites (N-methyl/N-ethyl adjacent to an activating group) is 1. The average molecular weight is 406 g/mol. The van der Waals surface area contributed by atoms with Crippen molar-refractivity contribution in [2.24, 2.45) is 5.92 Å². The average Bonchev–Trinajstić information content (AvgIpc) is 2.37. The molecule has 0 saturated heterocycles. The highest BCUT2D eigenvalue weighted by Crippen LogP contribution is 2.23. The number of amides is 1. The van der Waals surface area contributed by atoms with Crippen LogP contribution in [0, 0.1) is 5.92 Å². The number of nitrogens with one attached hydrogen (secondary N) is 1. The molecule has 0 heterocycles. The Bertz CT molecular complexity index is 461. The van der Waals surface area contributed by atoms with E-state index in [2.05, 4.69) is 63.2 Å². The largest absolute Gasteiger partial charge is 0.347 e. The van der Waals surface area contributed by atoms with E-state index in [-0.39, 0.29) is 11.9 Å². The lowest BCUT2D eigenvalue weighted by molar-refractivity contribution is -0.131. The van der Waals surface area contributed by atoms with Crippen molar-refractivity contribution in [2.75, 3.05) is 14.1 Å².